The molecule has 3 saturated heterocycles. The average molecular weight is 1470 g/mol. The molecule has 3 aliphatic rings. The highest BCUT2D eigenvalue weighted by Gasteiger charge is 2.54. The Morgan fingerprint density at radius 3 is 0.942 bits per heavy atom. The van der Waals surface area contributed by atoms with Crippen LogP contribution in [-0.4, -0.2) is 193 Å². The van der Waals surface area contributed by atoms with E-state index in [1.54, 1.807) is 6.08 Å². The fourth-order valence-electron chi connectivity index (χ4n) is 14.8. The molecule has 19 heteroatoms. The second kappa shape index (κ2) is 65.0. The number of aliphatic hydroxyl groups excluding tert-OH is 11. The largest absolute Gasteiger partial charge is 0.394 e. The van der Waals surface area contributed by atoms with Crippen molar-refractivity contribution in [1.82, 2.24) is 5.32 Å². The smallest absolute Gasteiger partial charge is 0.220 e. The lowest BCUT2D eigenvalue weighted by Gasteiger charge is -2.48. The Hall–Kier alpha value is -1.73. The van der Waals surface area contributed by atoms with Crippen LogP contribution in [0.1, 0.15) is 373 Å². The number of amides is 1. The monoisotopic (exact) mass is 1470 g/mol. The van der Waals surface area contributed by atoms with Crippen molar-refractivity contribution in [2.24, 2.45) is 0 Å². The maximum Gasteiger partial charge on any atom is 0.220 e. The first-order valence-corrected chi connectivity index (χ1v) is 43.1. The Morgan fingerprint density at radius 2 is 0.612 bits per heavy atom. The number of ether oxygens (including phenoxy) is 6. The Kier molecular flexibility index (Phi) is 60.3. The molecular weight excluding hydrogens is 1310 g/mol. The molecule has 0 saturated carbocycles. The summed E-state index contributed by atoms with van der Waals surface area (Å²) in [6.07, 6.45) is 53.2. The molecule has 19 nitrogen and oxygen atoms in total. The molecule has 3 rings (SSSR count). The number of hydrogen-bond donors (Lipinski definition) is 12. The van der Waals surface area contributed by atoms with Crippen molar-refractivity contribution < 1.29 is 89.4 Å². The normalized spacial score (nSPS) is 26.1. The predicted molar refractivity (Wildman–Crippen MR) is 411 cm³/mol. The van der Waals surface area contributed by atoms with Crippen molar-refractivity contribution in [1.29, 1.82) is 0 Å². The SMILES string of the molecule is CCCCCCCCCC/C=C\CCCCCCCCCCCCCCCCCCCCCCCC(=O)NC(COC1OC(CO)C(OC2OC(CO)C(OC3OC(CO)C(O)C(O)C3O)C(O)C2O)C(O)C1O)C(O)/C=C/CCCCCCCCCCCCCCCCCCCCCCCCC. The van der Waals surface area contributed by atoms with Gasteiger partial charge in [-0.15, -0.1) is 0 Å². The summed E-state index contributed by atoms with van der Waals surface area (Å²) in [7, 11) is 0. The average Bonchev–Trinajstić information content (AvgIpc) is 0.781. The third-order valence-electron chi connectivity index (χ3n) is 21.7. The summed E-state index contributed by atoms with van der Waals surface area (Å²) in [5.41, 5.74) is 0. The molecule has 3 heterocycles. The van der Waals surface area contributed by atoms with Crippen LogP contribution in [0, 0.1) is 0 Å². The van der Waals surface area contributed by atoms with Crippen molar-refractivity contribution in [3.05, 3.63) is 24.3 Å². The highest BCUT2D eigenvalue weighted by atomic mass is 16.8. The number of nitrogens with one attached hydrogen (secondary N) is 1. The zero-order valence-electron chi connectivity index (χ0n) is 65.3. The molecule has 0 aromatic heterocycles. The van der Waals surface area contributed by atoms with Crippen LogP contribution in [0.15, 0.2) is 24.3 Å². The van der Waals surface area contributed by atoms with Gasteiger partial charge in [0, 0.05) is 6.42 Å². The maximum atomic E-state index is 13.5. The van der Waals surface area contributed by atoms with Gasteiger partial charge >= 0.3 is 0 Å². The van der Waals surface area contributed by atoms with Crippen LogP contribution in [0.2, 0.25) is 0 Å². The topological polar surface area (TPSA) is 307 Å². The van der Waals surface area contributed by atoms with E-state index in [-0.39, 0.29) is 18.9 Å². The van der Waals surface area contributed by atoms with Gasteiger partial charge in [-0.2, -0.15) is 0 Å². The standard InChI is InChI=1S/C84H159NO18/c1-3-5-7-9-11-13-15-17-19-21-23-25-27-29-30-31-32-33-34-35-36-38-40-42-44-46-48-50-52-54-56-58-60-62-72(90)85-67(68(89)61-59-57-55-53-51-49-47-45-43-41-39-37-28-26-24-22-20-18-16-14-12-10-8-6-4-2)66-98-82-78(96)75(93)80(70(64-87)100-82)103-84-79(97)76(94)81(71(65-88)101-84)102-83-77(95)74(92)73(91)69(63-86)99-83/h21,23,59,61,67-71,73-84,86-89,91-97H,3-20,22,24-58,60,62-66H2,1-2H3,(H,85,90)/b23-21-,61-59+. The van der Waals surface area contributed by atoms with Crippen LogP contribution in [0.5, 0.6) is 0 Å². The molecule has 17 atom stereocenters. The molecule has 0 aliphatic carbocycles. The van der Waals surface area contributed by atoms with Gasteiger partial charge in [-0.1, -0.05) is 346 Å². The van der Waals surface area contributed by atoms with Gasteiger partial charge in [0.1, 0.15) is 73.2 Å². The van der Waals surface area contributed by atoms with E-state index >= 15 is 0 Å². The number of rotatable bonds is 70. The van der Waals surface area contributed by atoms with Gasteiger partial charge in [0.15, 0.2) is 18.9 Å². The van der Waals surface area contributed by atoms with Crippen molar-refractivity contribution in [3.8, 4) is 0 Å². The van der Waals surface area contributed by atoms with Gasteiger partial charge in [-0.05, 0) is 44.9 Å². The molecule has 12 N–H and O–H groups in total. The Labute approximate surface area is 626 Å². The first-order chi connectivity index (χ1) is 50.3. The third-order valence-corrected chi connectivity index (χ3v) is 21.7. The van der Waals surface area contributed by atoms with Gasteiger partial charge in [-0.3, -0.25) is 4.79 Å². The molecule has 1 amide bonds. The van der Waals surface area contributed by atoms with Crippen LogP contribution in [0.3, 0.4) is 0 Å². The number of carbonyl (C=O) groups is 1. The van der Waals surface area contributed by atoms with Crippen molar-refractivity contribution in [2.45, 2.75) is 478 Å². The molecule has 0 radical (unpaired) electrons. The number of carbonyl (C=O) groups excluding carboxylic acids is 1. The zero-order chi connectivity index (χ0) is 74.6. The minimum absolute atomic E-state index is 0.249. The van der Waals surface area contributed by atoms with Crippen LogP contribution >= 0.6 is 0 Å². The lowest BCUT2D eigenvalue weighted by atomic mass is 9.96. The van der Waals surface area contributed by atoms with E-state index in [1.807, 2.05) is 6.08 Å². The number of allylic oxidation sites excluding steroid dienone is 3. The quantitative estimate of drug-likeness (QED) is 0.0199. The molecule has 103 heavy (non-hydrogen) atoms. The van der Waals surface area contributed by atoms with Crippen LogP contribution in [-0.2, 0) is 33.2 Å². The summed E-state index contributed by atoms with van der Waals surface area (Å²) in [5, 5.41) is 121. The van der Waals surface area contributed by atoms with E-state index in [4.69, 9.17) is 28.4 Å². The second-order valence-corrected chi connectivity index (χ2v) is 31.0. The molecule has 0 bridgehead atoms. The molecule has 17 unspecified atom stereocenters. The third kappa shape index (κ3) is 44.6. The second-order valence-electron chi connectivity index (χ2n) is 31.0. The van der Waals surface area contributed by atoms with E-state index in [0.29, 0.717) is 6.42 Å². The molecule has 0 spiro atoms. The van der Waals surface area contributed by atoms with Crippen molar-refractivity contribution in [3.63, 3.8) is 0 Å². The predicted octanol–water partition coefficient (Wildman–Crippen LogP) is 15.3. The molecule has 3 aliphatic heterocycles. The van der Waals surface area contributed by atoms with E-state index in [2.05, 4.69) is 31.3 Å². The molecule has 3 fully saturated rings. The summed E-state index contributed by atoms with van der Waals surface area (Å²) in [6, 6.07) is -0.972. The van der Waals surface area contributed by atoms with Gasteiger partial charge in [-0.25, -0.2) is 0 Å². The van der Waals surface area contributed by atoms with Gasteiger partial charge < -0.3 is 89.9 Å². The van der Waals surface area contributed by atoms with E-state index in [1.165, 1.54) is 302 Å². The van der Waals surface area contributed by atoms with E-state index in [9.17, 15) is 61.0 Å². The minimum Gasteiger partial charge on any atom is -0.394 e. The van der Waals surface area contributed by atoms with Gasteiger partial charge in [0.2, 0.25) is 5.91 Å². The Morgan fingerprint density at radius 1 is 0.340 bits per heavy atom. The van der Waals surface area contributed by atoms with Gasteiger partial charge in [0.05, 0.1) is 38.6 Å². The van der Waals surface area contributed by atoms with Crippen LogP contribution in [0.25, 0.3) is 0 Å². The van der Waals surface area contributed by atoms with Crippen molar-refractivity contribution in [2.75, 3.05) is 26.4 Å². The minimum atomic E-state index is -1.98. The first kappa shape index (κ1) is 95.5. The first-order valence-electron chi connectivity index (χ1n) is 43.1. The van der Waals surface area contributed by atoms with E-state index < -0.39 is 124 Å². The fourth-order valence-corrected chi connectivity index (χ4v) is 14.8. The lowest BCUT2D eigenvalue weighted by molar-refractivity contribution is -0.379. The van der Waals surface area contributed by atoms with E-state index in [0.717, 1.165) is 44.9 Å². The maximum absolute atomic E-state index is 13.5. The van der Waals surface area contributed by atoms with Crippen LogP contribution < -0.4 is 5.32 Å². The van der Waals surface area contributed by atoms with Gasteiger partial charge in [0.25, 0.3) is 0 Å². The van der Waals surface area contributed by atoms with Crippen LogP contribution in [0.4, 0.5) is 0 Å². The summed E-state index contributed by atoms with van der Waals surface area (Å²) >= 11 is 0. The molecule has 608 valence electrons. The fraction of sp³-hybridized carbons (Fsp3) is 0.940. The summed E-state index contributed by atoms with van der Waals surface area (Å²) in [4.78, 5) is 13.5. The summed E-state index contributed by atoms with van der Waals surface area (Å²) < 4.78 is 34.5. The molecule has 0 aromatic rings. The zero-order valence-corrected chi connectivity index (χ0v) is 65.3. The number of unbranched alkanes of at least 4 members (excludes halogenated alkanes) is 52. The number of aliphatic hydroxyl groups is 11. The summed E-state index contributed by atoms with van der Waals surface area (Å²) in [5.74, 6) is -0.267. The lowest BCUT2D eigenvalue weighted by Crippen LogP contribution is -2.66. The number of hydrogen-bond acceptors (Lipinski definition) is 18. The highest BCUT2D eigenvalue weighted by molar-refractivity contribution is 5.76. The van der Waals surface area contributed by atoms with Crippen molar-refractivity contribution >= 4 is 5.91 Å². The summed E-state index contributed by atoms with van der Waals surface area (Å²) in [6.45, 7) is 1.80. The highest BCUT2D eigenvalue weighted by Crippen LogP contribution is 2.33. The Bertz CT molecular complexity index is 1950. The molecule has 0 aromatic carbocycles. The Balaban J connectivity index is 1.34. The molecular formula is C84H159NO18.